The molecular weight excluding hydrogens is 252 g/mol. The third-order valence-corrected chi connectivity index (χ3v) is 3.41. The minimum atomic E-state index is -0.143. The van der Waals surface area contributed by atoms with E-state index in [9.17, 15) is 0 Å². The van der Waals surface area contributed by atoms with E-state index < -0.39 is 0 Å². The summed E-state index contributed by atoms with van der Waals surface area (Å²) in [5, 5.41) is 0. The van der Waals surface area contributed by atoms with Gasteiger partial charge in [0.2, 0.25) is 0 Å². The van der Waals surface area contributed by atoms with Gasteiger partial charge in [-0.05, 0) is 36.1 Å². The summed E-state index contributed by atoms with van der Waals surface area (Å²) in [6.07, 6.45) is 6.66. The Bertz CT molecular complexity index is 487. The molecule has 1 aliphatic rings. The average molecular weight is 274 g/mol. The van der Waals surface area contributed by atoms with Crippen LogP contribution in [0.1, 0.15) is 24.0 Å². The van der Waals surface area contributed by atoms with E-state index in [1.165, 1.54) is 11.1 Å². The molecule has 0 radical (unpaired) electrons. The van der Waals surface area contributed by atoms with Crippen LogP contribution in [-0.4, -0.2) is 27.1 Å². The van der Waals surface area contributed by atoms with Gasteiger partial charge in [0, 0.05) is 20.6 Å². The van der Waals surface area contributed by atoms with Crippen LogP contribution in [0, 0.1) is 0 Å². The summed E-state index contributed by atoms with van der Waals surface area (Å²) in [7, 11) is 3.30. The van der Waals surface area contributed by atoms with Crippen LogP contribution in [0.5, 0.6) is 5.75 Å². The third kappa shape index (κ3) is 3.95. The van der Waals surface area contributed by atoms with Gasteiger partial charge in [-0.1, -0.05) is 30.4 Å². The number of methoxy groups -OCH3 is 2. The van der Waals surface area contributed by atoms with Crippen molar-refractivity contribution in [2.45, 2.75) is 25.6 Å². The second-order valence-corrected chi connectivity index (χ2v) is 4.92. The van der Waals surface area contributed by atoms with Crippen molar-refractivity contribution in [3.05, 3.63) is 47.6 Å². The highest BCUT2D eigenvalue weighted by molar-refractivity contribution is 5.62. The first kappa shape index (κ1) is 14.8. The van der Waals surface area contributed by atoms with Crippen LogP contribution in [0.2, 0.25) is 0 Å². The molecule has 0 aliphatic heterocycles. The molecule has 0 fully saturated rings. The Morgan fingerprint density at radius 2 is 2.00 bits per heavy atom. The number of benzene rings is 1. The van der Waals surface area contributed by atoms with Crippen LogP contribution in [-0.2, 0) is 15.9 Å². The first-order valence-electron chi connectivity index (χ1n) is 6.90. The maximum absolute atomic E-state index is 5.78. The molecule has 2 rings (SSSR count). The van der Waals surface area contributed by atoms with Gasteiger partial charge in [-0.25, -0.2) is 0 Å². The fraction of sp³-hybridized carbons (Fsp3) is 0.412. The average Bonchev–Trinajstić information content (AvgIpc) is 2.47. The Kier molecular flexibility index (Phi) is 5.39. The summed E-state index contributed by atoms with van der Waals surface area (Å²) in [6, 6.07) is 6.22. The van der Waals surface area contributed by atoms with Crippen molar-refractivity contribution in [1.29, 1.82) is 0 Å². The number of hydrogen-bond donors (Lipinski definition) is 0. The van der Waals surface area contributed by atoms with Gasteiger partial charge >= 0.3 is 0 Å². The Morgan fingerprint density at radius 1 is 1.20 bits per heavy atom. The summed E-state index contributed by atoms with van der Waals surface area (Å²) in [4.78, 5) is 0. The van der Waals surface area contributed by atoms with Gasteiger partial charge in [0.25, 0.3) is 0 Å². The van der Waals surface area contributed by atoms with E-state index >= 15 is 0 Å². The van der Waals surface area contributed by atoms with Gasteiger partial charge in [0.05, 0.1) is 6.61 Å². The summed E-state index contributed by atoms with van der Waals surface area (Å²) in [5.41, 5.74) is 3.67. The standard InChI is InChI=1S/C17H22O3/c1-13-6-7-14-8-9-16(12-15(14)11-13)20-10-4-5-17(18-2)19-3/h6-9,12,17H,1,4-5,10-11H2,2-3H3. The van der Waals surface area contributed by atoms with E-state index in [1.807, 2.05) is 6.07 Å². The fourth-order valence-corrected chi connectivity index (χ4v) is 2.27. The van der Waals surface area contributed by atoms with Crippen molar-refractivity contribution in [3.8, 4) is 5.75 Å². The van der Waals surface area contributed by atoms with Gasteiger partial charge < -0.3 is 14.2 Å². The second-order valence-electron chi connectivity index (χ2n) is 4.92. The summed E-state index contributed by atoms with van der Waals surface area (Å²) in [6.45, 7) is 4.67. The van der Waals surface area contributed by atoms with E-state index in [0.717, 1.165) is 30.6 Å². The zero-order chi connectivity index (χ0) is 14.4. The zero-order valence-corrected chi connectivity index (χ0v) is 12.2. The van der Waals surface area contributed by atoms with Gasteiger partial charge in [-0.2, -0.15) is 0 Å². The van der Waals surface area contributed by atoms with Crippen LogP contribution < -0.4 is 4.74 Å². The summed E-state index contributed by atoms with van der Waals surface area (Å²) < 4.78 is 16.1. The van der Waals surface area contributed by atoms with Crippen molar-refractivity contribution in [1.82, 2.24) is 0 Å². The highest BCUT2D eigenvalue weighted by Crippen LogP contribution is 2.25. The van der Waals surface area contributed by atoms with Crippen LogP contribution in [0.3, 0.4) is 0 Å². The number of hydrogen-bond acceptors (Lipinski definition) is 3. The summed E-state index contributed by atoms with van der Waals surface area (Å²) in [5.74, 6) is 0.915. The number of fused-ring (bicyclic) bond motifs is 1. The molecule has 0 amide bonds. The molecule has 3 nitrogen and oxygen atoms in total. The molecule has 0 unspecified atom stereocenters. The molecule has 0 heterocycles. The van der Waals surface area contributed by atoms with Crippen LogP contribution in [0.25, 0.3) is 6.08 Å². The molecular formula is C17H22O3. The molecule has 1 aromatic carbocycles. The zero-order valence-electron chi connectivity index (χ0n) is 12.2. The lowest BCUT2D eigenvalue weighted by Crippen LogP contribution is -2.14. The van der Waals surface area contributed by atoms with Crippen molar-refractivity contribution in [2.75, 3.05) is 20.8 Å². The number of allylic oxidation sites excluding steroid dienone is 2. The predicted molar refractivity (Wildman–Crippen MR) is 80.9 cm³/mol. The van der Waals surface area contributed by atoms with Crippen molar-refractivity contribution >= 4 is 6.08 Å². The lowest BCUT2D eigenvalue weighted by molar-refractivity contribution is -0.107. The quantitative estimate of drug-likeness (QED) is 0.562. The number of ether oxygens (including phenoxy) is 3. The molecule has 1 aliphatic carbocycles. The molecule has 0 spiro atoms. The molecule has 0 saturated heterocycles. The largest absolute Gasteiger partial charge is 0.494 e. The Labute approximate surface area is 120 Å². The van der Waals surface area contributed by atoms with E-state index in [2.05, 4.69) is 30.9 Å². The maximum Gasteiger partial charge on any atom is 0.156 e. The smallest absolute Gasteiger partial charge is 0.156 e. The second kappa shape index (κ2) is 7.27. The Morgan fingerprint density at radius 3 is 2.75 bits per heavy atom. The van der Waals surface area contributed by atoms with Crippen LogP contribution in [0.4, 0.5) is 0 Å². The van der Waals surface area contributed by atoms with E-state index in [-0.39, 0.29) is 6.29 Å². The highest BCUT2D eigenvalue weighted by Gasteiger charge is 2.08. The summed E-state index contributed by atoms with van der Waals surface area (Å²) >= 11 is 0. The molecule has 0 aromatic heterocycles. The third-order valence-electron chi connectivity index (χ3n) is 3.41. The van der Waals surface area contributed by atoms with Gasteiger partial charge in [0.15, 0.2) is 6.29 Å². The lowest BCUT2D eigenvalue weighted by atomic mass is 9.94. The van der Waals surface area contributed by atoms with Crippen LogP contribution in [0.15, 0.2) is 36.4 Å². The Hall–Kier alpha value is -1.58. The molecule has 0 saturated carbocycles. The molecule has 1 aromatic rings. The number of rotatable bonds is 7. The normalized spacial score (nSPS) is 13.7. The van der Waals surface area contributed by atoms with Crippen molar-refractivity contribution < 1.29 is 14.2 Å². The molecule has 0 atom stereocenters. The van der Waals surface area contributed by atoms with Crippen molar-refractivity contribution in [2.24, 2.45) is 0 Å². The minimum Gasteiger partial charge on any atom is -0.494 e. The van der Waals surface area contributed by atoms with Gasteiger partial charge in [-0.15, -0.1) is 0 Å². The van der Waals surface area contributed by atoms with Crippen LogP contribution >= 0.6 is 0 Å². The SMILES string of the molecule is C=C1C=Cc2ccc(OCCCC(OC)OC)cc2C1. The van der Waals surface area contributed by atoms with E-state index in [0.29, 0.717) is 6.61 Å². The molecule has 0 N–H and O–H groups in total. The van der Waals surface area contributed by atoms with Gasteiger partial charge in [0.1, 0.15) is 5.75 Å². The van der Waals surface area contributed by atoms with E-state index in [4.69, 9.17) is 14.2 Å². The minimum absolute atomic E-state index is 0.143. The molecule has 20 heavy (non-hydrogen) atoms. The predicted octanol–water partition coefficient (Wildman–Crippen LogP) is 3.59. The first-order chi connectivity index (χ1) is 9.72. The lowest BCUT2D eigenvalue weighted by Gasteiger charge is -2.15. The maximum atomic E-state index is 5.78. The van der Waals surface area contributed by atoms with E-state index in [1.54, 1.807) is 14.2 Å². The highest BCUT2D eigenvalue weighted by atomic mass is 16.7. The van der Waals surface area contributed by atoms with Crippen molar-refractivity contribution in [3.63, 3.8) is 0 Å². The fourth-order valence-electron chi connectivity index (χ4n) is 2.27. The first-order valence-corrected chi connectivity index (χ1v) is 6.90. The molecule has 3 heteroatoms. The topological polar surface area (TPSA) is 27.7 Å². The Balaban J connectivity index is 1.84. The monoisotopic (exact) mass is 274 g/mol. The molecule has 0 bridgehead atoms. The molecule has 108 valence electrons. The van der Waals surface area contributed by atoms with Gasteiger partial charge in [-0.3, -0.25) is 0 Å².